The van der Waals surface area contributed by atoms with Crippen molar-refractivity contribution >= 4 is 11.6 Å². The second-order valence-electron chi connectivity index (χ2n) is 4.18. The zero-order chi connectivity index (χ0) is 15.8. The van der Waals surface area contributed by atoms with Crippen LogP contribution < -0.4 is 5.32 Å². The number of para-hydroxylation sites is 1. The Bertz CT molecular complexity index is 563. The molecule has 21 heavy (non-hydrogen) atoms. The van der Waals surface area contributed by atoms with Crippen molar-refractivity contribution in [3.05, 3.63) is 42.0 Å². The van der Waals surface area contributed by atoms with Gasteiger partial charge in [0.25, 0.3) is 5.91 Å². The lowest BCUT2D eigenvalue weighted by Gasteiger charge is -2.28. The second kappa shape index (κ2) is 4.97. The molecule has 2 rings (SSSR count). The van der Waals surface area contributed by atoms with Crippen molar-refractivity contribution in [1.29, 1.82) is 0 Å². The van der Waals surface area contributed by atoms with E-state index in [1.807, 2.05) is 0 Å². The Morgan fingerprint density at radius 1 is 1.00 bits per heavy atom. The van der Waals surface area contributed by atoms with Crippen LogP contribution in [0.15, 0.2) is 42.0 Å². The Labute approximate surface area is 114 Å². The maximum Gasteiger partial charge on any atom is 0.489 e. The third kappa shape index (κ3) is 3.11. The second-order valence-corrected chi connectivity index (χ2v) is 4.18. The molecule has 1 amide bonds. The molecular weight excluding hydrogens is 302 g/mol. The van der Waals surface area contributed by atoms with E-state index in [-0.39, 0.29) is 11.8 Å². The van der Waals surface area contributed by atoms with E-state index in [2.05, 4.69) is 5.32 Å². The number of anilines is 1. The first-order valence-electron chi connectivity index (χ1n) is 5.61. The van der Waals surface area contributed by atoms with Crippen molar-refractivity contribution in [2.45, 2.75) is 18.6 Å². The van der Waals surface area contributed by atoms with Crippen LogP contribution in [0.5, 0.6) is 0 Å². The van der Waals surface area contributed by atoms with Crippen LogP contribution in [-0.4, -0.2) is 29.4 Å². The molecule has 9 heteroatoms. The molecule has 1 aliphatic heterocycles. The van der Waals surface area contributed by atoms with Gasteiger partial charge in [0.1, 0.15) is 11.7 Å². The summed E-state index contributed by atoms with van der Waals surface area (Å²) in [6.45, 7) is 0. The lowest BCUT2D eigenvalue weighted by Crippen LogP contribution is -2.49. The largest absolute Gasteiger partial charge is 0.489 e. The van der Waals surface area contributed by atoms with E-state index in [0.29, 0.717) is 0 Å². The molecule has 0 radical (unpaired) electrons. The fourth-order valence-corrected chi connectivity index (χ4v) is 1.86. The third-order valence-corrected chi connectivity index (χ3v) is 2.72. The van der Waals surface area contributed by atoms with E-state index in [1.165, 1.54) is 24.3 Å². The molecule has 1 aromatic rings. The number of halogens is 6. The number of rotatable bonds is 2. The van der Waals surface area contributed by atoms with Gasteiger partial charge < -0.3 is 5.32 Å². The molecule has 1 unspecified atom stereocenters. The van der Waals surface area contributed by atoms with E-state index < -0.39 is 35.0 Å². The van der Waals surface area contributed by atoms with Gasteiger partial charge in [0.2, 0.25) is 0 Å². The topological polar surface area (TPSA) is 32.3 Å². The van der Waals surface area contributed by atoms with Crippen molar-refractivity contribution < 1.29 is 31.1 Å². The predicted octanol–water partition coefficient (Wildman–Crippen LogP) is 3.28. The molecule has 0 fully saturated rings. The number of benzene rings is 1. The Morgan fingerprint density at radius 2 is 1.57 bits per heavy atom. The fraction of sp³-hybridized carbons (Fsp3) is 0.250. The van der Waals surface area contributed by atoms with Crippen LogP contribution in [0, 0.1) is 0 Å². The highest BCUT2D eigenvalue weighted by Crippen LogP contribution is 2.38. The molecule has 0 bridgehead atoms. The molecule has 1 atom stereocenters. The SMILES string of the molecule is O=C1C(C(F)(F)F)=CC(Nc2ccccc2)N1C(F)(F)F. The van der Waals surface area contributed by atoms with Gasteiger partial charge in [-0.25, -0.2) is 4.90 Å². The summed E-state index contributed by atoms with van der Waals surface area (Å²) in [4.78, 5) is 10.6. The minimum Gasteiger partial charge on any atom is -0.362 e. The molecule has 1 aromatic carbocycles. The summed E-state index contributed by atoms with van der Waals surface area (Å²) >= 11 is 0. The van der Waals surface area contributed by atoms with E-state index in [1.54, 1.807) is 6.07 Å². The molecule has 1 aliphatic rings. The number of hydrogen-bond acceptors (Lipinski definition) is 2. The van der Waals surface area contributed by atoms with Crippen LogP contribution >= 0.6 is 0 Å². The Kier molecular flexibility index (Phi) is 3.60. The van der Waals surface area contributed by atoms with Crippen molar-refractivity contribution in [2.24, 2.45) is 0 Å². The van der Waals surface area contributed by atoms with Gasteiger partial charge in [-0.15, -0.1) is 13.2 Å². The molecule has 0 aromatic heterocycles. The van der Waals surface area contributed by atoms with Gasteiger partial charge in [0.15, 0.2) is 0 Å². The summed E-state index contributed by atoms with van der Waals surface area (Å²) in [5, 5.41) is 2.24. The molecule has 1 heterocycles. The number of hydrogen-bond donors (Lipinski definition) is 1. The van der Waals surface area contributed by atoms with E-state index >= 15 is 0 Å². The zero-order valence-corrected chi connectivity index (χ0v) is 10.2. The van der Waals surface area contributed by atoms with Crippen LogP contribution in [0.25, 0.3) is 0 Å². The summed E-state index contributed by atoms with van der Waals surface area (Å²) in [5.74, 6) is -2.12. The maximum atomic E-state index is 12.8. The highest BCUT2D eigenvalue weighted by atomic mass is 19.4. The van der Waals surface area contributed by atoms with Gasteiger partial charge >= 0.3 is 12.5 Å². The minimum absolute atomic E-state index is 0.157. The summed E-state index contributed by atoms with van der Waals surface area (Å²) in [7, 11) is 0. The lowest BCUT2D eigenvalue weighted by atomic mass is 10.2. The smallest absolute Gasteiger partial charge is 0.362 e. The lowest BCUT2D eigenvalue weighted by molar-refractivity contribution is -0.242. The van der Waals surface area contributed by atoms with E-state index in [4.69, 9.17) is 0 Å². The molecule has 0 saturated carbocycles. The van der Waals surface area contributed by atoms with Crippen LogP contribution in [0.1, 0.15) is 0 Å². The predicted molar refractivity (Wildman–Crippen MR) is 60.9 cm³/mol. The van der Waals surface area contributed by atoms with Crippen molar-refractivity contribution in [3.8, 4) is 0 Å². The first kappa shape index (κ1) is 15.2. The highest BCUT2D eigenvalue weighted by Gasteiger charge is 2.55. The fourth-order valence-electron chi connectivity index (χ4n) is 1.86. The molecule has 0 aliphatic carbocycles. The Hall–Kier alpha value is -2.19. The van der Waals surface area contributed by atoms with Gasteiger partial charge in [-0.3, -0.25) is 4.79 Å². The average Bonchev–Trinajstić information content (AvgIpc) is 2.66. The number of nitrogens with one attached hydrogen (secondary N) is 1. The molecule has 0 spiro atoms. The maximum absolute atomic E-state index is 12.8. The minimum atomic E-state index is -5.23. The van der Waals surface area contributed by atoms with Crippen LogP contribution in [0.3, 0.4) is 0 Å². The molecule has 114 valence electrons. The van der Waals surface area contributed by atoms with Crippen LogP contribution in [0.4, 0.5) is 32.0 Å². The summed E-state index contributed by atoms with van der Waals surface area (Å²) in [6, 6.07) is 7.32. The standard InChI is InChI=1S/C12H8F6N2O/c13-11(14,15)8-6-9(19-7-4-2-1-3-5-7)20(10(8)21)12(16,17)18/h1-6,9,19H. The number of nitrogens with zero attached hydrogens (tertiary/aromatic N) is 1. The van der Waals surface area contributed by atoms with Crippen LogP contribution in [0.2, 0.25) is 0 Å². The third-order valence-electron chi connectivity index (χ3n) is 2.72. The molecule has 0 saturated heterocycles. The van der Waals surface area contributed by atoms with Crippen molar-refractivity contribution in [3.63, 3.8) is 0 Å². The summed E-state index contributed by atoms with van der Waals surface area (Å²) in [5.41, 5.74) is -1.68. The first-order valence-corrected chi connectivity index (χ1v) is 5.61. The summed E-state index contributed by atoms with van der Waals surface area (Å²) < 4.78 is 76.1. The number of carbonyl (C=O) groups excluding carboxylic acids is 1. The van der Waals surface area contributed by atoms with Gasteiger partial charge in [-0.05, 0) is 18.2 Å². The first-order chi connectivity index (χ1) is 9.60. The highest BCUT2D eigenvalue weighted by molar-refractivity contribution is 5.98. The van der Waals surface area contributed by atoms with Gasteiger partial charge in [0, 0.05) is 5.69 Å². The van der Waals surface area contributed by atoms with Gasteiger partial charge in [-0.2, -0.15) is 13.2 Å². The van der Waals surface area contributed by atoms with Crippen LogP contribution in [-0.2, 0) is 4.79 Å². The van der Waals surface area contributed by atoms with E-state index in [9.17, 15) is 31.1 Å². The number of amides is 1. The monoisotopic (exact) mass is 310 g/mol. The van der Waals surface area contributed by atoms with Gasteiger partial charge in [0.05, 0.1) is 0 Å². The number of carbonyl (C=O) groups is 1. The molecule has 3 nitrogen and oxygen atoms in total. The quantitative estimate of drug-likeness (QED) is 0.671. The van der Waals surface area contributed by atoms with Crippen molar-refractivity contribution in [2.75, 3.05) is 5.32 Å². The van der Waals surface area contributed by atoms with Gasteiger partial charge in [-0.1, -0.05) is 18.2 Å². The Morgan fingerprint density at radius 3 is 2.05 bits per heavy atom. The zero-order valence-electron chi connectivity index (χ0n) is 10.2. The molecular formula is C12H8F6N2O. The van der Waals surface area contributed by atoms with Crippen molar-refractivity contribution in [1.82, 2.24) is 4.90 Å². The number of alkyl halides is 6. The summed E-state index contributed by atoms with van der Waals surface area (Å²) in [6.07, 6.45) is -12.1. The Balaban J connectivity index is 2.35. The van der Waals surface area contributed by atoms with E-state index in [0.717, 1.165) is 0 Å². The average molecular weight is 310 g/mol. The normalized spacial score (nSPS) is 19.7. The molecule has 1 N–H and O–H groups in total.